The Morgan fingerprint density at radius 1 is 1.29 bits per heavy atom. The minimum Gasteiger partial charge on any atom is -0.355 e. The highest BCUT2D eigenvalue weighted by molar-refractivity contribution is 7.92. The van der Waals surface area contributed by atoms with Crippen molar-refractivity contribution in [3.8, 4) is 0 Å². The first-order chi connectivity index (χ1) is 7.76. The maximum Gasteiger partial charge on any atom is 0.235 e. The largest absolute Gasteiger partial charge is 0.355 e. The van der Waals surface area contributed by atoms with Crippen molar-refractivity contribution < 1.29 is 13.2 Å². The van der Waals surface area contributed by atoms with Crippen molar-refractivity contribution >= 4 is 15.7 Å². The van der Waals surface area contributed by atoms with Crippen LogP contribution in [0, 0.1) is 11.8 Å². The minimum absolute atomic E-state index is 0.0267. The molecule has 0 fully saturated rings. The van der Waals surface area contributed by atoms with Gasteiger partial charge in [0.2, 0.25) is 5.91 Å². The van der Waals surface area contributed by atoms with Crippen LogP contribution >= 0.6 is 0 Å². The second-order valence-electron chi connectivity index (χ2n) is 4.93. The van der Waals surface area contributed by atoms with Gasteiger partial charge in [0.1, 0.15) is 5.75 Å². The third kappa shape index (κ3) is 9.12. The van der Waals surface area contributed by atoms with E-state index in [1.165, 1.54) is 0 Å². The Bertz CT molecular complexity index is 326. The number of nitrogens with two attached hydrogens (primary N) is 1. The molecule has 0 saturated heterocycles. The number of hydrogen-bond acceptors (Lipinski definition) is 4. The van der Waals surface area contributed by atoms with Crippen LogP contribution in [0.2, 0.25) is 0 Å². The van der Waals surface area contributed by atoms with Gasteiger partial charge in [0.15, 0.2) is 9.84 Å². The average molecular weight is 264 g/mol. The van der Waals surface area contributed by atoms with Crippen LogP contribution in [-0.4, -0.2) is 38.9 Å². The second kappa shape index (κ2) is 7.66. The van der Waals surface area contributed by atoms with Crippen LogP contribution in [0.4, 0.5) is 0 Å². The summed E-state index contributed by atoms with van der Waals surface area (Å²) in [4.78, 5) is 11.4. The van der Waals surface area contributed by atoms with E-state index in [4.69, 9.17) is 5.73 Å². The summed E-state index contributed by atoms with van der Waals surface area (Å²) in [6.45, 7) is 6.69. The van der Waals surface area contributed by atoms with Gasteiger partial charge in [-0.15, -0.1) is 0 Å². The number of amides is 1. The van der Waals surface area contributed by atoms with Crippen molar-refractivity contribution in [3.63, 3.8) is 0 Å². The summed E-state index contributed by atoms with van der Waals surface area (Å²) in [5, 5.41) is 2.61. The molecular weight excluding hydrogens is 240 g/mol. The fraction of sp³-hybridized carbons (Fsp3) is 0.909. The zero-order chi connectivity index (χ0) is 13.5. The maximum absolute atomic E-state index is 11.6. The van der Waals surface area contributed by atoms with Crippen molar-refractivity contribution in [3.05, 3.63) is 0 Å². The van der Waals surface area contributed by atoms with E-state index in [0.29, 0.717) is 19.0 Å². The van der Waals surface area contributed by atoms with Crippen LogP contribution in [0.25, 0.3) is 0 Å². The topological polar surface area (TPSA) is 89.3 Å². The molecule has 0 aromatic carbocycles. The van der Waals surface area contributed by atoms with E-state index in [-0.39, 0.29) is 11.7 Å². The molecule has 0 spiro atoms. The molecular formula is C11H24N2O3S. The summed E-state index contributed by atoms with van der Waals surface area (Å²) in [5.41, 5.74) is 5.36. The van der Waals surface area contributed by atoms with E-state index in [1.54, 1.807) is 6.92 Å². The average Bonchev–Trinajstić information content (AvgIpc) is 2.15. The van der Waals surface area contributed by atoms with Crippen LogP contribution < -0.4 is 11.1 Å². The van der Waals surface area contributed by atoms with Gasteiger partial charge in [-0.25, -0.2) is 8.42 Å². The normalized spacial score (nSPS) is 13.7. The first-order valence-electron chi connectivity index (χ1n) is 5.94. The van der Waals surface area contributed by atoms with E-state index in [9.17, 15) is 13.2 Å². The summed E-state index contributed by atoms with van der Waals surface area (Å²) in [5.74, 6) is -0.501. The van der Waals surface area contributed by atoms with E-state index < -0.39 is 21.5 Å². The third-order valence-electron chi connectivity index (χ3n) is 2.34. The number of carbonyl (C=O) groups excluding carboxylic acids is 1. The molecule has 0 aromatic heterocycles. The molecule has 17 heavy (non-hydrogen) atoms. The molecule has 6 heteroatoms. The fourth-order valence-electron chi connectivity index (χ4n) is 1.31. The molecule has 0 saturated carbocycles. The Morgan fingerprint density at radius 2 is 1.88 bits per heavy atom. The van der Waals surface area contributed by atoms with Gasteiger partial charge in [0.25, 0.3) is 0 Å². The molecule has 1 unspecified atom stereocenters. The van der Waals surface area contributed by atoms with Gasteiger partial charge in [-0.2, -0.15) is 0 Å². The van der Waals surface area contributed by atoms with Gasteiger partial charge in [-0.05, 0) is 24.8 Å². The maximum atomic E-state index is 11.6. The smallest absolute Gasteiger partial charge is 0.235 e. The van der Waals surface area contributed by atoms with Crippen LogP contribution in [0.5, 0.6) is 0 Å². The monoisotopic (exact) mass is 264 g/mol. The number of hydrogen-bond donors (Lipinski definition) is 2. The number of sulfone groups is 1. The molecule has 0 bridgehead atoms. The molecule has 0 rings (SSSR count). The van der Waals surface area contributed by atoms with Gasteiger partial charge in [0, 0.05) is 6.54 Å². The summed E-state index contributed by atoms with van der Waals surface area (Å²) in [7, 11) is -3.33. The molecule has 102 valence electrons. The summed E-state index contributed by atoms with van der Waals surface area (Å²) in [6, 6.07) is 0. The fourth-order valence-corrected chi connectivity index (χ4v) is 2.93. The van der Waals surface area contributed by atoms with Crippen molar-refractivity contribution in [2.24, 2.45) is 17.6 Å². The molecule has 0 aliphatic carbocycles. The standard InChI is InChI=1S/C11H24N2O3S/c1-9(2)4-5-13-11(14)8-17(15,16)7-10(3)6-12/h9-10H,4-8,12H2,1-3H3,(H,13,14). The van der Waals surface area contributed by atoms with E-state index in [2.05, 4.69) is 5.32 Å². The summed E-state index contributed by atoms with van der Waals surface area (Å²) in [6.07, 6.45) is 0.852. The lowest BCUT2D eigenvalue weighted by atomic mass is 10.1. The van der Waals surface area contributed by atoms with E-state index >= 15 is 0 Å². The Balaban J connectivity index is 4.02. The minimum atomic E-state index is -3.33. The first-order valence-corrected chi connectivity index (χ1v) is 7.76. The summed E-state index contributed by atoms with van der Waals surface area (Å²) < 4.78 is 23.2. The Hall–Kier alpha value is -0.620. The van der Waals surface area contributed by atoms with E-state index in [0.717, 1.165) is 6.42 Å². The van der Waals surface area contributed by atoms with Crippen LogP contribution in [0.1, 0.15) is 27.2 Å². The highest BCUT2D eigenvalue weighted by atomic mass is 32.2. The van der Waals surface area contributed by atoms with Crippen LogP contribution in [0.15, 0.2) is 0 Å². The van der Waals surface area contributed by atoms with Gasteiger partial charge in [-0.3, -0.25) is 4.79 Å². The Kier molecular flexibility index (Phi) is 7.38. The number of carbonyl (C=O) groups is 1. The molecule has 1 atom stereocenters. The number of rotatable bonds is 8. The lowest BCUT2D eigenvalue weighted by Gasteiger charge is -2.10. The first kappa shape index (κ1) is 16.4. The third-order valence-corrected chi connectivity index (χ3v) is 4.11. The zero-order valence-corrected chi connectivity index (χ0v) is 11.7. The predicted molar refractivity (Wildman–Crippen MR) is 69.3 cm³/mol. The lowest BCUT2D eigenvalue weighted by molar-refractivity contribution is -0.118. The Morgan fingerprint density at radius 3 is 2.35 bits per heavy atom. The molecule has 0 radical (unpaired) electrons. The molecule has 3 N–H and O–H groups in total. The highest BCUT2D eigenvalue weighted by Crippen LogP contribution is 2.01. The molecule has 0 heterocycles. The lowest BCUT2D eigenvalue weighted by Crippen LogP contribution is -2.34. The van der Waals surface area contributed by atoms with Gasteiger partial charge >= 0.3 is 0 Å². The number of nitrogens with one attached hydrogen (secondary N) is 1. The quantitative estimate of drug-likeness (QED) is 0.653. The van der Waals surface area contributed by atoms with Crippen LogP contribution in [0.3, 0.4) is 0 Å². The molecule has 0 aliphatic heterocycles. The van der Waals surface area contributed by atoms with Crippen LogP contribution in [-0.2, 0) is 14.6 Å². The molecule has 5 nitrogen and oxygen atoms in total. The van der Waals surface area contributed by atoms with Crippen molar-refractivity contribution in [2.75, 3.05) is 24.6 Å². The SMILES string of the molecule is CC(C)CCNC(=O)CS(=O)(=O)CC(C)CN. The highest BCUT2D eigenvalue weighted by Gasteiger charge is 2.19. The van der Waals surface area contributed by atoms with Gasteiger partial charge in [-0.1, -0.05) is 20.8 Å². The molecule has 1 amide bonds. The van der Waals surface area contributed by atoms with Crippen molar-refractivity contribution in [1.29, 1.82) is 0 Å². The van der Waals surface area contributed by atoms with E-state index in [1.807, 2.05) is 13.8 Å². The van der Waals surface area contributed by atoms with Gasteiger partial charge < -0.3 is 11.1 Å². The second-order valence-corrected chi connectivity index (χ2v) is 7.04. The summed E-state index contributed by atoms with van der Waals surface area (Å²) >= 11 is 0. The molecule has 0 aromatic rings. The predicted octanol–water partition coefficient (Wildman–Crippen LogP) is 0.158. The molecule has 0 aliphatic rings. The van der Waals surface area contributed by atoms with Gasteiger partial charge in [0.05, 0.1) is 5.75 Å². The van der Waals surface area contributed by atoms with Crippen molar-refractivity contribution in [1.82, 2.24) is 5.32 Å². The Labute approximate surface area is 104 Å². The zero-order valence-electron chi connectivity index (χ0n) is 10.9. The van der Waals surface area contributed by atoms with Crippen molar-refractivity contribution in [2.45, 2.75) is 27.2 Å².